The number of unbranched alkanes of at least 4 members (excludes halogenated alkanes) is 1. The van der Waals surface area contributed by atoms with Crippen LogP contribution in [0, 0.1) is 31.0 Å². The average Bonchev–Trinajstić information content (AvgIpc) is 2.34. The van der Waals surface area contributed by atoms with Gasteiger partial charge in [-0.3, -0.25) is 0 Å². The molecule has 1 atom stereocenters. The SMILES string of the molecule is Cc1cc(C)[n+](CCCCC([NH3+])C(=O)[O-])c(C)c1.[O-][Cl+3]([O-])([O-])[O-]. The van der Waals surface area contributed by atoms with Crippen LogP contribution in [-0.4, -0.2) is 12.0 Å². The van der Waals surface area contributed by atoms with E-state index in [0.29, 0.717) is 6.42 Å². The van der Waals surface area contributed by atoms with Gasteiger partial charge in [-0.25, -0.2) is 23.2 Å². The van der Waals surface area contributed by atoms with Crippen LogP contribution < -0.4 is 34.0 Å². The second-order valence-corrected chi connectivity index (χ2v) is 6.11. The van der Waals surface area contributed by atoms with Crippen LogP contribution in [0.3, 0.4) is 0 Å². The van der Waals surface area contributed by atoms with E-state index in [-0.39, 0.29) is 0 Å². The zero-order valence-electron chi connectivity index (χ0n) is 13.5. The number of hydrogen-bond acceptors (Lipinski definition) is 6. The molecule has 0 saturated carbocycles. The summed E-state index contributed by atoms with van der Waals surface area (Å²) in [7, 11) is -4.94. The number of carboxylic acids is 1. The highest BCUT2D eigenvalue weighted by Crippen LogP contribution is 2.04. The molecule has 0 radical (unpaired) electrons. The Balaban J connectivity index is 0.000000841. The Morgan fingerprint density at radius 2 is 1.57 bits per heavy atom. The summed E-state index contributed by atoms with van der Waals surface area (Å²) in [6, 6.07) is 3.74. The van der Waals surface area contributed by atoms with Crippen molar-refractivity contribution in [2.75, 3.05) is 0 Å². The number of aliphatic carboxylic acids is 1. The van der Waals surface area contributed by atoms with Crippen LogP contribution >= 0.6 is 0 Å². The average molecular weight is 351 g/mol. The number of nitrogens with zero attached hydrogens (tertiary/aromatic N) is 1. The van der Waals surface area contributed by atoms with Gasteiger partial charge in [-0.15, -0.1) is 10.2 Å². The van der Waals surface area contributed by atoms with Crippen LogP contribution in [0.5, 0.6) is 0 Å². The highest BCUT2D eigenvalue weighted by atomic mass is 35.7. The van der Waals surface area contributed by atoms with Crippen LogP contribution in [0.25, 0.3) is 0 Å². The van der Waals surface area contributed by atoms with Crippen molar-refractivity contribution in [1.82, 2.24) is 0 Å². The van der Waals surface area contributed by atoms with Gasteiger partial charge in [0.15, 0.2) is 11.4 Å². The van der Waals surface area contributed by atoms with Gasteiger partial charge in [0.2, 0.25) is 0 Å². The maximum atomic E-state index is 10.5. The van der Waals surface area contributed by atoms with Crippen molar-refractivity contribution in [2.24, 2.45) is 0 Å². The quantitative estimate of drug-likeness (QED) is 0.397. The summed E-state index contributed by atoms with van der Waals surface area (Å²) in [4.78, 5) is 10.5. The molecule has 0 amide bonds. The van der Waals surface area contributed by atoms with E-state index in [1.807, 2.05) is 0 Å². The molecule has 9 heteroatoms. The molecular formula is C14H23ClN2O6. The molecule has 1 heterocycles. The summed E-state index contributed by atoms with van der Waals surface area (Å²) >= 11 is 0. The Morgan fingerprint density at radius 3 is 1.96 bits per heavy atom. The van der Waals surface area contributed by atoms with Crippen LogP contribution in [-0.2, 0) is 11.3 Å². The zero-order chi connectivity index (χ0) is 18.2. The first-order valence-electron chi connectivity index (χ1n) is 7.05. The van der Waals surface area contributed by atoms with Gasteiger partial charge >= 0.3 is 0 Å². The van der Waals surface area contributed by atoms with Gasteiger partial charge in [-0.05, 0) is 18.9 Å². The molecule has 8 nitrogen and oxygen atoms in total. The third kappa shape index (κ3) is 11.0. The predicted molar refractivity (Wildman–Crippen MR) is 66.4 cm³/mol. The van der Waals surface area contributed by atoms with Gasteiger partial charge < -0.3 is 15.6 Å². The molecule has 1 rings (SSSR count). The molecule has 0 saturated heterocycles. The van der Waals surface area contributed by atoms with Crippen molar-refractivity contribution in [1.29, 1.82) is 0 Å². The van der Waals surface area contributed by atoms with E-state index in [9.17, 15) is 9.90 Å². The number of quaternary nitrogens is 1. The van der Waals surface area contributed by atoms with Gasteiger partial charge in [0.25, 0.3) is 0 Å². The number of rotatable bonds is 6. The first-order valence-corrected chi connectivity index (χ1v) is 8.28. The fourth-order valence-electron chi connectivity index (χ4n) is 2.27. The fourth-order valence-corrected chi connectivity index (χ4v) is 2.27. The zero-order valence-corrected chi connectivity index (χ0v) is 14.3. The number of aromatic nitrogens is 1. The summed E-state index contributed by atoms with van der Waals surface area (Å²) in [5, 5.41) is 10.5. The fraction of sp³-hybridized carbons (Fsp3) is 0.571. The minimum absolute atomic E-state index is 0.588. The number of carbonyl (C=O) groups excluding carboxylic acids is 1. The number of carboxylic acid groups (broad SMARTS) is 1. The van der Waals surface area contributed by atoms with Crippen molar-refractivity contribution in [3.63, 3.8) is 0 Å². The minimum atomic E-state index is -4.94. The molecule has 0 aliphatic carbocycles. The Hall–Kier alpha value is -1.29. The van der Waals surface area contributed by atoms with Gasteiger partial charge in [0.05, 0.1) is 5.97 Å². The monoisotopic (exact) mass is 350 g/mol. The van der Waals surface area contributed by atoms with E-state index in [0.717, 1.165) is 19.4 Å². The second-order valence-electron chi connectivity index (χ2n) is 5.36. The number of pyridine rings is 1. The van der Waals surface area contributed by atoms with Crippen LogP contribution in [0.1, 0.15) is 36.2 Å². The van der Waals surface area contributed by atoms with Crippen molar-refractivity contribution >= 4 is 5.97 Å². The molecule has 0 fully saturated rings. The first-order chi connectivity index (χ1) is 10.4. The predicted octanol–water partition coefficient (Wildman–Crippen LogP) is -5.33. The van der Waals surface area contributed by atoms with Crippen molar-refractivity contribution in [3.8, 4) is 0 Å². The summed E-state index contributed by atoms with van der Waals surface area (Å²) in [5.74, 6) is -1.05. The van der Waals surface area contributed by atoms with E-state index in [4.69, 9.17) is 18.6 Å². The molecule has 0 spiro atoms. The third-order valence-corrected chi connectivity index (χ3v) is 3.24. The van der Waals surface area contributed by atoms with E-state index in [1.165, 1.54) is 17.0 Å². The Kier molecular flexibility index (Phi) is 9.21. The Labute approximate surface area is 137 Å². The molecule has 0 aromatic carbocycles. The van der Waals surface area contributed by atoms with Crippen molar-refractivity contribution in [2.45, 2.75) is 52.6 Å². The van der Waals surface area contributed by atoms with Crippen LogP contribution in [0.4, 0.5) is 0 Å². The van der Waals surface area contributed by atoms with Gasteiger partial charge in [0.1, 0.15) is 12.6 Å². The molecule has 132 valence electrons. The maximum absolute atomic E-state index is 10.5. The summed E-state index contributed by atoms with van der Waals surface area (Å²) in [6.07, 6.45) is 2.42. The molecule has 3 N–H and O–H groups in total. The van der Waals surface area contributed by atoms with Gasteiger partial charge in [-0.2, -0.15) is 0 Å². The van der Waals surface area contributed by atoms with Crippen molar-refractivity contribution in [3.05, 3.63) is 29.1 Å². The highest BCUT2D eigenvalue weighted by molar-refractivity contribution is 5.68. The van der Waals surface area contributed by atoms with Gasteiger partial charge in [0, 0.05) is 38.8 Å². The number of hydrogen-bond donors (Lipinski definition) is 1. The molecule has 23 heavy (non-hydrogen) atoms. The normalized spacial score (nSPS) is 12.3. The lowest BCUT2D eigenvalue weighted by Gasteiger charge is -2.17. The first kappa shape index (κ1) is 21.7. The molecule has 1 aromatic rings. The molecule has 0 aliphatic heterocycles. The maximum Gasteiger partial charge on any atom is 0.178 e. The third-order valence-electron chi connectivity index (χ3n) is 3.24. The number of aryl methyl sites for hydroxylation is 3. The summed E-state index contributed by atoms with van der Waals surface area (Å²) in [5.41, 5.74) is 7.33. The lowest BCUT2D eigenvalue weighted by atomic mass is 10.1. The van der Waals surface area contributed by atoms with E-state index in [2.05, 4.69) is 43.2 Å². The molecule has 1 unspecified atom stereocenters. The topological polar surface area (TPSA) is 164 Å². The molecular weight excluding hydrogens is 328 g/mol. The van der Waals surface area contributed by atoms with E-state index < -0.39 is 22.3 Å². The molecule has 1 aromatic heterocycles. The lowest BCUT2D eigenvalue weighted by Crippen LogP contribution is -2.68. The largest absolute Gasteiger partial charge is 0.544 e. The van der Waals surface area contributed by atoms with E-state index >= 15 is 0 Å². The standard InChI is InChI=1S/C14H22N2O2.ClHO4/c1-10-8-11(2)16(12(3)9-10)7-5-4-6-13(15)14(17)18;2-1(3,4)5/h8-9,13H,4-7,15H2,1-3H3;(H,2,3,4,5). The van der Waals surface area contributed by atoms with E-state index in [1.54, 1.807) is 0 Å². The van der Waals surface area contributed by atoms with Gasteiger partial charge in [-0.1, -0.05) is 0 Å². The van der Waals surface area contributed by atoms with Crippen molar-refractivity contribution < 1.29 is 49.1 Å². The van der Waals surface area contributed by atoms with Crippen LogP contribution in [0.2, 0.25) is 0 Å². The smallest absolute Gasteiger partial charge is 0.178 e. The Morgan fingerprint density at radius 1 is 1.13 bits per heavy atom. The van der Waals surface area contributed by atoms with Crippen LogP contribution in [0.15, 0.2) is 12.1 Å². The molecule has 0 aliphatic rings. The molecule has 0 bridgehead atoms. The number of carbonyl (C=O) groups is 1. The highest BCUT2D eigenvalue weighted by Gasteiger charge is 2.12. The summed E-state index contributed by atoms with van der Waals surface area (Å²) in [6.45, 7) is 7.23. The number of halogens is 1. The second kappa shape index (κ2) is 9.76. The Bertz CT molecular complexity index is 489. The minimum Gasteiger partial charge on any atom is -0.544 e. The summed E-state index contributed by atoms with van der Waals surface area (Å²) < 4.78 is 36.2. The lowest BCUT2D eigenvalue weighted by molar-refractivity contribution is -2.00.